The van der Waals surface area contributed by atoms with E-state index in [2.05, 4.69) is 4.99 Å². The number of ketones is 1. The molecule has 1 unspecified atom stereocenters. The summed E-state index contributed by atoms with van der Waals surface area (Å²) in [6.07, 6.45) is 4.16. The van der Waals surface area contributed by atoms with Gasteiger partial charge in [-0.1, -0.05) is 6.92 Å². The van der Waals surface area contributed by atoms with Gasteiger partial charge in [0.1, 0.15) is 0 Å². The zero-order chi connectivity index (χ0) is 8.55. The third-order valence-electron chi connectivity index (χ3n) is 2.09. The van der Waals surface area contributed by atoms with Crippen molar-refractivity contribution >= 4 is 12.1 Å². The molecule has 0 radical (unpaired) electrons. The highest BCUT2D eigenvalue weighted by atomic mass is 16.1. The minimum absolute atomic E-state index is 0.184. The second kappa shape index (κ2) is 2.59. The van der Waals surface area contributed by atoms with E-state index in [9.17, 15) is 4.79 Å². The SMILES string of the molecule is CCC(=O)C1N=Cn2cccc21. The van der Waals surface area contributed by atoms with Gasteiger partial charge >= 0.3 is 0 Å². The van der Waals surface area contributed by atoms with Crippen LogP contribution >= 0.6 is 0 Å². The first kappa shape index (κ1) is 7.28. The van der Waals surface area contributed by atoms with E-state index >= 15 is 0 Å². The van der Waals surface area contributed by atoms with Crippen LogP contribution in [0.2, 0.25) is 0 Å². The lowest BCUT2D eigenvalue weighted by Gasteiger charge is -2.02. The zero-order valence-electron chi connectivity index (χ0n) is 6.90. The van der Waals surface area contributed by atoms with Gasteiger partial charge in [0, 0.05) is 12.6 Å². The molecule has 62 valence electrons. The molecule has 1 atom stereocenters. The summed E-state index contributed by atoms with van der Waals surface area (Å²) in [4.78, 5) is 15.5. The van der Waals surface area contributed by atoms with Crippen LogP contribution in [-0.4, -0.2) is 16.7 Å². The number of nitrogens with zero attached hydrogens (tertiary/aromatic N) is 2. The van der Waals surface area contributed by atoms with Gasteiger partial charge in [0.15, 0.2) is 11.8 Å². The Balaban J connectivity index is 2.34. The number of aliphatic imine (C=N–C) groups is 1. The van der Waals surface area contributed by atoms with Crippen LogP contribution in [0.1, 0.15) is 25.1 Å². The number of hydrogen-bond acceptors (Lipinski definition) is 2. The van der Waals surface area contributed by atoms with Crippen molar-refractivity contribution in [1.29, 1.82) is 0 Å². The van der Waals surface area contributed by atoms with Gasteiger partial charge in [-0.25, -0.2) is 0 Å². The fourth-order valence-corrected chi connectivity index (χ4v) is 1.40. The normalized spacial score (nSPS) is 19.6. The smallest absolute Gasteiger partial charge is 0.163 e. The molecule has 12 heavy (non-hydrogen) atoms. The summed E-state index contributed by atoms with van der Waals surface area (Å²) in [7, 11) is 0. The maximum atomic E-state index is 11.3. The van der Waals surface area contributed by atoms with Crippen LogP contribution in [0.25, 0.3) is 0 Å². The van der Waals surface area contributed by atoms with E-state index in [-0.39, 0.29) is 11.8 Å². The molecule has 0 bridgehead atoms. The highest BCUT2D eigenvalue weighted by molar-refractivity contribution is 5.88. The number of rotatable bonds is 2. The second-order valence-electron chi connectivity index (χ2n) is 2.83. The van der Waals surface area contributed by atoms with Crippen LogP contribution in [0, 0.1) is 0 Å². The Morgan fingerprint density at radius 1 is 1.75 bits per heavy atom. The Morgan fingerprint density at radius 3 is 3.33 bits per heavy atom. The lowest BCUT2D eigenvalue weighted by molar-refractivity contribution is -0.120. The number of fused-ring (bicyclic) bond motifs is 1. The first-order valence-corrected chi connectivity index (χ1v) is 4.05. The van der Waals surface area contributed by atoms with E-state index in [0.29, 0.717) is 6.42 Å². The van der Waals surface area contributed by atoms with Gasteiger partial charge in [0.2, 0.25) is 0 Å². The average Bonchev–Trinajstić information content (AvgIpc) is 2.62. The zero-order valence-corrected chi connectivity index (χ0v) is 6.90. The molecule has 2 heterocycles. The molecule has 3 nitrogen and oxygen atoms in total. The lowest BCUT2D eigenvalue weighted by Crippen LogP contribution is -2.07. The fourth-order valence-electron chi connectivity index (χ4n) is 1.40. The molecule has 1 aromatic rings. The summed E-state index contributed by atoms with van der Waals surface area (Å²) in [6.45, 7) is 1.86. The van der Waals surface area contributed by atoms with Crippen molar-refractivity contribution in [3.63, 3.8) is 0 Å². The van der Waals surface area contributed by atoms with Crippen molar-refractivity contribution in [2.45, 2.75) is 19.4 Å². The molecule has 0 saturated heterocycles. The minimum atomic E-state index is -0.245. The van der Waals surface area contributed by atoms with Gasteiger partial charge < -0.3 is 4.57 Å². The maximum Gasteiger partial charge on any atom is 0.163 e. The summed E-state index contributed by atoms with van der Waals surface area (Å²) in [5.41, 5.74) is 0.988. The molecule has 0 spiro atoms. The second-order valence-corrected chi connectivity index (χ2v) is 2.83. The van der Waals surface area contributed by atoms with E-state index < -0.39 is 0 Å². The largest absolute Gasteiger partial charge is 0.309 e. The molecule has 1 aliphatic rings. The monoisotopic (exact) mass is 162 g/mol. The quantitative estimate of drug-likeness (QED) is 0.647. The molecule has 3 heteroatoms. The lowest BCUT2D eigenvalue weighted by atomic mass is 10.1. The number of Topliss-reactive ketones (excluding diaryl/α,β-unsaturated/α-hetero) is 1. The Hall–Kier alpha value is -1.38. The highest BCUT2D eigenvalue weighted by Crippen LogP contribution is 2.23. The van der Waals surface area contributed by atoms with Crippen LogP contribution in [0.5, 0.6) is 0 Å². The number of aromatic nitrogens is 1. The fraction of sp³-hybridized carbons (Fsp3) is 0.333. The van der Waals surface area contributed by atoms with Crippen molar-refractivity contribution in [1.82, 2.24) is 4.57 Å². The van der Waals surface area contributed by atoms with Crippen LogP contribution in [0.4, 0.5) is 0 Å². The predicted octanol–water partition coefficient (Wildman–Crippen LogP) is 1.40. The Labute approximate surface area is 70.7 Å². The van der Waals surface area contributed by atoms with Crippen molar-refractivity contribution in [3.8, 4) is 0 Å². The molecule has 0 fully saturated rings. The van der Waals surface area contributed by atoms with Crippen LogP contribution in [0.3, 0.4) is 0 Å². The van der Waals surface area contributed by atoms with E-state index in [1.807, 2.05) is 29.8 Å². The molecule has 0 aromatic carbocycles. The van der Waals surface area contributed by atoms with Crippen LogP contribution < -0.4 is 0 Å². The summed E-state index contributed by atoms with van der Waals surface area (Å²) in [5.74, 6) is 0.184. The van der Waals surface area contributed by atoms with Gasteiger partial charge in [-0.3, -0.25) is 9.79 Å². The minimum Gasteiger partial charge on any atom is -0.309 e. The Kier molecular flexibility index (Phi) is 1.57. The molecular formula is C9H10N2O. The summed E-state index contributed by atoms with van der Waals surface area (Å²) in [5, 5.41) is 0. The van der Waals surface area contributed by atoms with Crippen molar-refractivity contribution < 1.29 is 4.79 Å². The van der Waals surface area contributed by atoms with E-state index in [1.165, 1.54) is 0 Å². The van der Waals surface area contributed by atoms with Gasteiger partial charge in [-0.15, -0.1) is 0 Å². The molecule has 0 amide bonds. The van der Waals surface area contributed by atoms with Crippen molar-refractivity contribution in [3.05, 3.63) is 24.0 Å². The Bertz CT molecular complexity index is 338. The Morgan fingerprint density at radius 2 is 2.58 bits per heavy atom. The van der Waals surface area contributed by atoms with Crippen molar-refractivity contribution in [2.24, 2.45) is 4.99 Å². The van der Waals surface area contributed by atoms with Gasteiger partial charge in [0.25, 0.3) is 0 Å². The standard InChI is InChI=1S/C9H10N2O/c1-2-8(12)9-7-4-3-5-11(7)6-10-9/h3-6,9H,2H2,1H3. The molecule has 2 rings (SSSR count). The number of carbonyl (C=O) groups excluding carboxylic acids is 1. The summed E-state index contributed by atoms with van der Waals surface area (Å²) >= 11 is 0. The van der Waals surface area contributed by atoms with E-state index in [0.717, 1.165) is 5.69 Å². The number of carbonyl (C=O) groups is 1. The first-order valence-electron chi connectivity index (χ1n) is 4.05. The molecule has 0 N–H and O–H groups in total. The average molecular weight is 162 g/mol. The number of hydrogen-bond donors (Lipinski definition) is 0. The van der Waals surface area contributed by atoms with Gasteiger partial charge in [-0.2, -0.15) is 0 Å². The highest BCUT2D eigenvalue weighted by Gasteiger charge is 2.23. The predicted molar refractivity (Wildman–Crippen MR) is 46.4 cm³/mol. The third kappa shape index (κ3) is 0.897. The molecule has 1 aliphatic heterocycles. The molecular weight excluding hydrogens is 152 g/mol. The van der Waals surface area contributed by atoms with Gasteiger partial charge in [-0.05, 0) is 12.1 Å². The van der Waals surface area contributed by atoms with Crippen LogP contribution in [-0.2, 0) is 4.79 Å². The van der Waals surface area contributed by atoms with E-state index in [1.54, 1.807) is 6.34 Å². The molecule has 0 saturated carbocycles. The third-order valence-corrected chi connectivity index (χ3v) is 2.09. The van der Waals surface area contributed by atoms with Crippen molar-refractivity contribution in [2.75, 3.05) is 0 Å². The topological polar surface area (TPSA) is 34.4 Å². The molecule has 0 aliphatic carbocycles. The molecule has 1 aromatic heterocycles. The van der Waals surface area contributed by atoms with Crippen LogP contribution in [0.15, 0.2) is 23.3 Å². The van der Waals surface area contributed by atoms with E-state index in [4.69, 9.17) is 0 Å². The summed E-state index contributed by atoms with van der Waals surface area (Å²) in [6, 6.07) is 3.62. The maximum absolute atomic E-state index is 11.3. The summed E-state index contributed by atoms with van der Waals surface area (Å²) < 4.78 is 1.89. The van der Waals surface area contributed by atoms with Gasteiger partial charge in [0.05, 0.1) is 12.0 Å². The first-order chi connectivity index (χ1) is 5.83.